The van der Waals surface area contributed by atoms with Crippen molar-refractivity contribution >= 4 is 16.9 Å². The molecule has 2 rings (SSSR count). The van der Waals surface area contributed by atoms with Gasteiger partial charge in [0.15, 0.2) is 5.65 Å². The molecule has 0 radical (unpaired) electrons. The lowest BCUT2D eigenvalue weighted by Crippen LogP contribution is -2.32. The fourth-order valence-corrected chi connectivity index (χ4v) is 2.34. The van der Waals surface area contributed by atoms with Gasteiger partial charge >= 0.3 is 0 Å². The van der Waals surface area contributed by atoms with Gasteiger partial charge in [0.25, 0.3) is 5.91 Å². The zero-order chi connectivity index (χ0) is 15.7. The number of hydrogen-bond donors (Lipinski definition) is 1. The van der Waals surface area contributed by atoms with E-state index in [1.807, 2.05) is 27.0 Å². The zero-order valence-corrected chi connectivity index (χ0v) is 13.7. The molecule has 0 spiro atoms. The zero-order valence-electron chi connectivity index (χ0n) is 13.7. The summed E-state index contributed by atoms with van der Waals surface area (Å²) in [6, 6.07) is 2.06. The Hall–Kier alpha value is -1.91. The lowest BCUT2D eigenvalue weighted by atomic mass is 10.0. The molecular formula is C16H24N4O. The van der Waals surface area contributed by atoms with Crippen molar-refractivity contribution in [3.05, 3.63) is 23.0 Å². The predicted octanol–water partition coefficient (Wildman–Crippen LogP) is 2.93. The van der Waals surface area contributed by atoms with Crippen molar-refractivity contribution in [3.8, 4) is 0 Å². The van der Waals surface area contributed by atoms with Crippen molar-refractivity contribution in [3.63, 3.8) is 0 Å². The molecule has 2 aromatic heterocycles. The quantitative estimate of drug-likeness (QED) is 0.941. The summed E-state index contributed by atoms with van der Waals surface area (Å²) in [6.07, 6.45) is 0.906. The lowest BCUT2D eigenvalue weighted by molar-refractivity contribution is 0.0940. The van der Waals surface area contributed by atoms with Gasteiger partial charge in [-0.3, -0.25) is 9.48 Å². The standard InChI is InChI=1S/C16H24N4O/c1-7-10(4)17-16(21)12-8-13(9(2)3)18-15-14(12)11(5)19-20(15)6/h8-10H,7H2,1-6H3,(H,17,21). The number of aromatic nitrogens is 3. The second-order valence-electron chi connectivity index (χ2n) is 5.94. The molecule has 0 saturated carbocycles. The van der Waals surface area contributed by atoms with E-state index >= 15 is 0 Å². The molecule has 0 aliphatic carbocycles. The van der Waals surface area contributed by atoms with Crippen molar-refractivity contribution in [2.45, 2.75) is 53.0 Å². The number of amides is 1. The predicted molar refractivity (Wildman–Crippen MR) is 84.6 cm³/mol. The summed E-state index contributed by atoms with van der Waals surface area (Å²) in [4.78, 5) is 17.2. The molecule has 5 heteroatoms. The summed E-state index contributed by atoms with van der Waals surface area (Å²) in [5.74, 6) is 0.217. The molecule has 5 nitrogen and oxygen atoms in total. The third-order valence-corrected chi connectivity index (χ3v) is 3.81. The van der Waals surface area contributed by atoms with Crippen LogP contribution in [-0.4, -0.2) is 26.7 Å². The molecule has 0 saturated heterocycles. The number of fused-ring (bicyclic) bond motifs is 1. The van der Waals surface area contributed by atoms with Gasteiger partial charge in [-0.05, 0) is 32.3 Å². The maximum Gasteiger partial charge on any atom is 0.252 e. The number of nitrogens with zero attached hydrogens (tertiary/aromatic N) is 3. The highest BCUT2D eigenvalue weighted by Gasteiger charge is 2.20. The minimum Gasteiger partial charge on any atom is -0.350 e. The Labute approximate surface area is 125 Å². The van der Waals surface area contributed by atoms with Gasteiger partial charge < -0.3 is 5.32 Å². The third kappa shape index (κ3) is 2.91. The second-order valence-corrected chi connectivity index (χ2v) is 5.94. The van der Waals surface area contributed by atoms with Crippen LogP contribution in [0.4, 0.5) is 0 Å². The highest BCUT2D eigenvalue weighted by Crippen LogP contribution is 2.24. The lowest BCUT2D eigenvalue weighted by Gasteiger charge is -2.14. The summed E-state index contributed by atoms with van der Waals surface area (Å²) in [6.45, 7) is 10.1. The van der Waals surface area contributed by atoms with E-state index in [1.165, 1.54) is 0 Å². The molecule has 0 aliphatic rings. The Balaban J connectivity index is 2.62. The molecule has 114 valence electrons. The van der Waals surface area contributed by atoms with Crippen molar-refractivity contribution in [2.24, 2.45) is 7.05 Å². The van der Waals surface area contributed by atoms with Crippen LogP contribution in [0.15, 0.2) is 6.07 Å². The largest absolute Gasteiger partial charge is 0.350 e. The molecule has 2 aromatic rings. The van der Waals surface area contributed by atoms with Crippen molar-refractivity contribution in [1.82, 2.24) is 20.1 Å². The van der Waals surface area contributed by atoms with Gasteiger partial charge in [0, 0.05) is 18.8 Å². The maximum absolute atomic E-state index is 12.6. The van der Waals surface area contributed by atoms with Crippen molar-refractivity contribution in [1.29, 1.82) is 0 Å². The highest BCUT2D eigenvalue weighted by atomic mass is 16.1. The second kappa shape index (κ2) is 5.84. The fourth-order valence-electron chi connectivity index (χ4n) is 2.34. The summed E-state index contributed by atoms with van der Waals surface area (Å²) in [5, 5.41) is 8.29. The van der Waals surface area contributed by atoms with Crippen LogP contribution in [0, 0.1) is 6.92 Å². The van der Waals surface area contributed by atoms with Gasteiger partial charge in [-0.15, -0.1) is 0 Å². The summed E-state index contributed by atoms with van der Waals surface area (Å²) in [7, 11) is 1.86. The summed E-state index contributed by atoms with van der Waals surface area (Å²) < 4.78 is 1.75. The Morgan fingerprint density at radius 3 is 2.62 bits per heavy atom. The molecule has 1 unspecified atom stereocenters. The topological polar surface area (TPSA) is 59.8 Å². The maximum atomic E-state index is 12.6. The molecule has 1 atom stereocenters. The van der Waals surface area contributed by atoms with Crippen molar-refractivity contribution in [2.75, 3.05) is 0 Å². The van der Waals surface area contributed by atoms with E-state index in [0.717, 1.165) is 28.8 Å². The van der Waals surface area contributed by atoms with Crippen LogP contribution in [0.2, 0.25) is 0 Å². The van der Waals surface area contributed by atoms with E-state index in [2.05, 4.69) is 36.2 Å². The monoisotopic (exact) mass is 288 g/mol. The van der Waals surface area contributed by atoms with E-state index in [4.69, 9.17) is 0 Å². The van der Waals surface area contributed by atoms with E-state index in [9.17, 15) is 4.79 Å². The number of pyridine rings is 1. The molecule has 21 heavy (non-hydrogen) atoms. The molecule has 0 fully saturated rings. The smallest absolute Gasteiger partial charge is 0.252 e. The molecule has 0 aliphatic heterocycles. The summed E-state index contributed by atoms with van der Waals surface area (Å²) >= 11 is 0. The number of nitrogens with one attached hydrogen (secondary N) is 1. The van der Waals surface area contributed by atoms with E-state index in [0.29, 0.717) is 5.56 Å². The fraction of sp³-hybridized carbons (Fsp3) is 0.562. The van der Waals surface area contributed by atoms with Crippen LogP contribution in [0.3, 0.4) is 0 Å². The van der Waals surface area contributed by atoms with Gasteiger partial charge in [-0.2, -0.15) is 5.10 Å². The molecule has 0 bridgehead atoms. The van der Waals surface area contributed by atoms with Gasteiger partial charge in [-0.25, -0.2) is 4.98 Å². The first-order valence-electron chi connectivity index (χ1n) is 7.50. The number of rotatable bonds is 4. The number of carbonyl (C=O) groups excluding carboxylic acids is 1. The number of aryl methyl sites for hydroxylation is 2. The average molecular weight is 288 g/mol. The van der Waals surface area contributed by atoms with E-state index in [-0.39, 0.29) is 17.9 Å². The molecule has 2 heterocycles. The minimum atomic E-state index is -0.0465. The van der Waals surface area contributed by atoms with E-state index < -0.39 is 0 Å². The van der Waals surface area contributed by atoms with Crippen LogP contribution < -0.4 is 5.32 Å². The summed E-state index contributed by atoms with van der Waals surface area (Å²) in [5.41, 5.74) is 3.20. The number of hydrogen-bond acceptors (Lipinski definition) is 3. The molecule has 1 N–H and O–H groups in total. The molecule has 0 aromatic carbocycles. The van der Waals surface area contributed by atoms with Gasteiger partial charge in [0.05, 0.1) is 16.6 Å². The molecule has 1 amide bonds. The van der Waals surface area contributed by atoms with Gasteiger partial charge in [0.1, 0.15) is 0 Å². The van der Waals surface area contributed by atoms with E-state index in [1.54, 1.807) is 4.68 Å². The van der Waals surface area contributed by atoms with Crippen LogP contribution in [0.25, 0.3) is 11.0 Å². The van der Waals surface area contributed by atoms with Crippen LogP contribution >= 0.6 is 0 Å². The highest BCUT2D eigenvalue weighted by molar-refractivity contribution is 6.06. The Bertz CT molecular complexity index is 672. The van der Waals surface area contributed by atoms with Crippen LogP contribution in [-0.2, 0) is 7.05 Å². The van der Waals surface area contributed by atoms with Crippen LogP contribution in [0.1, 0.15) is 61.8 Å². The first kappa shape index (κ1) is 15.5. The minimum absolute atomic E-state index is 0.0465. The Kier molecular flexibility index (Phi) is 4.30. The Morgan fingerprint density at radius 2 is 2.05 bits per heavy atom. The molecular weight excluding hydrogens is 264 g/mol. The first-order valence-corrected chi connectivity index (χ1v) is 7.50. The third-order valence-electron chi connectivity index (χ3n) is 3.81. The first-order chi connectivity index (χ1) is 9.85. The van der Waals surface area contributed by atoms with Crippen LogP contribution in [0.5, 0.6) is 0 Å². The average Bonchev–Trinajstić information content (AvgIpc) is 2.72. The van der Waals surface area contributed by atoms with Gasteiger partial charge in [-0.1, -0.05) is 20.8 Å². The number of carbonyl (C=O) groups is 1. The van der Waals surface area contributed by atoms with Gasteiger partial charge in [0.2, 0.25) is 0 Å². The van der Waals surface area contributed by atoms with Crippen molar-refractivity contribution < 1.29 is 4.79 Å². The Morgan fingerprint density at radius 1 is 1.38 bits per heavy atom. The normalized spacial score (nSPS) is 12.9. The SMILES string of the molecule is CCC(C)NC(=O)c1cc(C(C)C)nc2c1c(C)nn2C.